The van der Waals surface area contributed by atoms with E-state index in [2.05, 4.69) is 15.7 Å². The van der Waals surface area contributed by atoms with Crippen LogP contribution >= 0.6 is 0 Å². The molecule has 0 bridgehead atoms. The topological polar surface area (TPSA) is 79.3 Å². The quantitative estimate of drug-likeness (QED) is 0.790. The number of hydrogen-bond acceptors (Lipinski definition) is 4. The van der Waals surface area contributed by atoms with Gasteiger partial charge in [0, 0.05) is 32.8 Å². The third-order valence-corrected chi connectivity index (χ3v) is 3.65. The Labute approximate surface area is 124 Å². The van der Waals surface area contributed by atoms with Crippen LogP contribution in [0, 0.1) is 5.92 Å². The van der Waals surface area contributed by atoms with Crippen molar-refractivity contribution in [1.82, 2.24) is 20.0 Å². The molecule has 116 valence electrons. The Morgan fingerprint density at radius 2 is 2.33 bits per heavy atom. The van der Waals surface area contributed by atoms with Gasteiger partial charge in [-0.2, -0.15) is 5.10 Å². The summed E-state index contributed by atoms with van der Waals surface area (Å²) in [7, 11) is 3.40. The molecule has 7 heteroatoms. The molecule has 1 atom stereocenters. The fourth-order valence-electron chi connectivity index (χ4n) is 2.30. The smallest absolute Gasteiger partial charge is 0.243 e. The van der Waals surface area contributed by atoms with Crippen molar-refractivity contribution in [2.24, 2.45) is 5.92 Å². The normalized spacial score (nSPS) is 17.7. The Balaban J connectivity index is 1.76. The van der Waals surface area contributed by atoms with Crippen molar-refractivity contribution in [1.29, 1.82) is 0 Å². The van der Waals surface area contributed by atoms with Crippen LogP contribution in [-0.2, 0) is 16.1 Å². The van der Waals surface area contributed by atoms with E-state index in [-0.39, 0.29) is 18.4 Å². The summed E-state index contributed by atoms with van der Waals surface area (Å²) in [5.74, 6) is 1.04. The van der Waals surface area contributed by atoms with E-state index in [4.69, 9.17) is 0 Å². The zero-order valence-electron chi connectivity index (χ0n) is 12.6. The highest BCUT2D eigenvalue weighted by molar-refractivity contribution is 5.89. The first-order chi connectivity index (χ1) is 10.0. The number of likely N-dealkylation sites (N-methyl/N-ethyl adjacent to an activating group) is 1. The minimum absolute atomic E-state index is 0.0221. The molecular formula is C14H23N5O2. The Morgan fingerprint density at radius 1 is 1.52 bits per heavy atom. The van der Waals surface area contributed by atoms with Crippen LogP contribution in [0.2, 0.25) is 0 Å². The molecule has 1 aliphatic heterocycles. The molecule has 2 rings (SSSR count). The van der Waals surface area contributed by atoms with Gasteiger partial charge in [-0.3, -0.25) is 14.3 Å². The first-order valence-corrected chi connectivity index (χ1v) is 7.29. The minimum atomic E-state index is -0.0373. The van der Waals surface area contributed by atoms with Crippen LogP contribution in [-0.4, -0.2) is 53.7 Å². The maximum atomic E-state index is 11.9. The van der Waals surface area contributed by atoms with Gasteiger partial charge in [0.25, 0.3) is 0 Å². The monoisotopic (exact) mass is 293 g/mol. The largest absolute Gasteiger partial charge is 0.347 e. The molecule has 1 aliphatic rings. The number of aromatic nitrogens is 2. The molecule has 0 spiro atoms. The molecule has 0 aromatic carbocycles. The summed E-state index contributed by atoms with van der Waals surface area (Å²) < 4.78 is 1.53. The van der Waals surface area contributed by atoms with Crippen molar-refractivity contribution in [2.75, 3.05) is 32.5 Å². The molecule has 1 aromatic heterocycles. The third kappa shape index (κ3) is 4.86. The number of rotatable bonds is 6. The SMILES string of the molecule is CN(C)C(=O)Cn1ccc(NC(=O)CCC2CCNC2)n1. The summed E-state index contributed by atoms with van der Waals surface area (Å²) in [6.45, 7) is 2.24. The standard InChI is InChI=1S/C14H23N5O2/c1-18(2)14(21)10-19-8-6-12(17-19)16-13(20)4-3-11-5-7-15-9-11/h6,8,11,15H,3-5,7,9-10H2,1-2H3,(H,16,17,20). The zero-order chi connectivity index (χ0) is 15.2. The first kappa shape index (κ1) is 15.5. The summed E-state index contributed by atoms with van der Waals surface area (Å²) in [5.41, 5.74) is 0. The predicted octanol–water partition coefficient (Wildman–Crippen LogP) is 0.300. The summed E-state index contributed by atoms with van der Waals surface area (Å²) in [4.78, 5) is 24.9. The third-order valence-electron chi connectivity index (χ3n) is 3.65. The van der Waals surface area contributed by atoms with E-state index in [1.54, 1.807) is 26.4 Å². The average Bonchev–Trinajstić information content (AvgIpc) is 3.08. The second kappa shape index (κ2) is 7.21. The molecule has 21 heavy (non-hydrogen) atoms. The minimum Gasteiger partial charge on any atom is -0.347 e. The van der Waals surface area contributed by atoms with Crippen LogP contribution in [0.4, 0.5) is 5.82 Å². The number of amides is 2. The van der Waals surface area contributed by atoms with Gasteiger partial charge in [0.1, 0.15) is 6.54 Å². The first-order valence-electron chi connectivity index (χ1n) is 7.29. The molecule has 0 saturated carbocycles. The van der Waals surface area contributed by atoms with Gasteiger partial charge in [0.05, 0.1) is 0 Å². The van der Waals surface area contributed by atoms with E-state index in [0.717, 1.165) is 25.9 Å². The zero-order valence-corrected chi connectivity index (χ0v) is 12.6. The molecule has 2 heterocycles. The molecule has 7 nitrogen and oxygen atoms in total. The molecular weight excluding hydrogens is 270 g/mol. The number of carbonyl (C=O) groups excluding carboxylic acids is 2. The number of nitrogens with zero attached hydrogens (tertiary/aromatic N) is 3. The average molecular weight is 293 g/mol. The van der Waals surface area contributed by atoms with Gasteiger partial charge in [-0.05, 0) is 31.8 Å². The second-order valence-electron chi connectivity index (χ2n) is 5.63. The van der Waals surface area contributed by atoms with Gasteiger partial charge in [-0.25, -0.2) is 0 Å². The van der Waals surface area contributed by atoms with Crippen LogP contribution in [0.15, 0.2) is 12.3 Å². The van der Waals surface area contributed by atoms with Gasteiger partial charge in [0.2, 0.25) is 11.8 Å². The highest BCUT2D eigenvalue weighted by Crippen LogP contribution is 2.14. The van der Waals surface area contributed by atoms with Crippen molar-refractivity contribution < 1.29 is 9.59 Å². The number of hydrogen-bond donors (Lipinski definition) is 2. The van der Waals surface area contributed by atoms with Crippen LogP contribution in [0.25, 0.3) is 0 Å². The van der Waals surface area contributed by atoms with Crippen LogP contribution in [0.3, 0.4) is 0 Å². The fourth-order valence-corrected chi connectivity index (χ4v) is 2.30. The van der Waals surface area contributed by atoms with E-state index in [1.165, 1.54) is 9.58 Å². The van der Waals surface area contributed by atoms with E-state index >= 15 is 0 Å². The van der Waals surface area contributed by atoms with E-state index in [0.29, 0.717) is 18.2 Å². The lowest BCUT2D eigenvalue weighted by Crippen LogP contribution is -2.26. The number of nitrogens with one attached hydrogen (secondary N) is 2. The van der Waals surface area contributed by atoms with Crippen molar-refractivity contribution in [2.45, 2.75) is 25.8 Å². The highest BCUT2D eigenvalue weighted by atomic mass is 16.2. The molecule has 2 amide bonds. The molecule has 1 fully saturated rings. The van der Waals surface area contributed by atoms with E-state index < -0.39 is 0 Å². The number of anilines is 1. The summed E-state index contributed by atoms with van der Waals surface area (Å²) in [6, 6.07) is 1.71. The Bertz CT molecular complexity index is 491. The van der Waals surface area contributed by atoms with E-state index in [9.17, 15) is 9.59 Å². The molecule has 1 saturated heterocycles. The fraction of sp³-hybridized carbons (Fsp3) is 0.643. The predicted molar refractivity (Wildman–Crippen MR) is 79.8 cm³/mol. The number of carbonyl (C=O) groups is 2. The van der Waals surface area contributed by atoms with Crippen molar-refractivity contribution in [3.05, 3.63) is 12.3 Å². The maximum Gasteiger partial charge on any atom is 0.243 e. The second-order valence-corrected chi connectivity index (χ2v) is 5.63. The highest BCUT2D eigenvalue weighted by Gasteiger charge is 2.16. The maximum absolute atomic E-state index is 11.9. The molecule has 0 radical (unpaired) electrons. The Kier molecular flexibility index (Phi) is 5.32. The van der Waals surface area contributed by atoms with Crippen LogP contribution in [0.5, 0.6) is 0 Å². The molecule has 1 aromatic rings. The lowest BCUT2D eigenvalue weighted by molar-refractivity contribution is -0.129. The Morgan fingerprint density at radius 3 is 3.00 bits per heavy atom. The van der Waals surface area contributed by atoms with Gasteiger partial charge >= 0.3 is 0 Å². The van der Waals surface area contributed by atoms with Crippen LogP contribution < -0.4 is 10.6 Å². The van der Waals surface area contributed by atoms with Crippen LogP contribution in [0.1, 0.15) is 19.3 Å². The van der Waals surface area contributed by atoms with Gasteiger partial charge < -0.3 is 15.5 Å². The van der Waals surface area contributed by atoms with Gasteiger partial charge in [-0.15, -0.1) is 0 Å². The molecule has 2 N–H and O–H groups in total. The summed E-state index contributed by atoms with van der Waals surface area (Å²) in [5, 5.41) is 10.2. The van der Waals surface area contributed by atoms with Crippen molar-refractivity contribution in [3.8, 4) is 0 Å². The van der Waals surface area contributed by atoms with Gasteiger partial charge in [-0.1, -0.05) is 0 Å². The Hall–Kier alpha value is -1.89. The summed E-state index contributed by atoms with van der Waals surface area (Å²) >= 11 is 0. The lowest BCUT2D eigenvalue weighted by Gasteiger charge is -2.09. The van der Waals surface area contributed by atoms with Gasteiger partial charge in [0.15, 0.2) is 5.82 Å². The van der Waals surface area contributed by atoms with E-state index in [1.807, 2.05) is 0 Å². The van der Waals surface area contributed by atoms with Crippen molar-refractivity contribution in [3.63, 3.8) is 0 Å². The lowest BCUT2D eigenvalue weighted by atomic mass is 10.0. The molecule has 1 unspecified atom stereocenters. The summed E-state index contributed by atoms with van der Waals surface area (Å²) in [6.07, 6.45) is 4.25. The molecule has 0 aliphatic carbocycles. The van der Waals surface area contributed by atoms with Crippen molar-refractivity contribution >= 4 is 17.6 Å².